The molecular formula is C14H15F4N5. The van der Waals surface area contributed by atoms with Gasteiger partial charge in [-0.25, -0.2) is 4.39 Å². The van der Waals surface area contributed by atoms with E-state index in [1.165, 1.54) is 19.1 Å². The van der Waals surface area contributed by atoms with Gasteiger partial charge < -0.3 is 10.6 Å². The topological polar surface area (TPSA) is 62.7 Å². The Labute approximate surface area is 130 Å². The number of alkyl halides is 3. The van der Waals surface area contributed by atoms with Crippen LogP contribution < -0.4 is 10.6 Å². The molecule has 0 aliphatic carbocycles. The van der Waals surface area contributed by atoms with E-state index in [1.807, 2.05) is 0 Å². The molecule has 1 atom stereocenters. The average Bonchev–Trinajstić information content (AvgIpc) is 2.35. The third-order valence-corrected chi connectivity index (χ3v) is 2.88. The fraction of sp³-hybridized carbons (Fsp3) is 0.357. The van der Waals surface area contributed by atoms with Crippen LogP contribution in [0.1, 0.15) is 18.3 Å². The lowest BCUT2D eigenvalue weighted by atomic mass is 10.2. The number of nitrogens with one attached hydrogen (secondary N) is 2. The molecule has 2 N–H and O–H groups in total. The summed E-state index contributed by atoms with van der Waals surface area (Å²) in [5, 5.41) is 4.93. The van der Waals surface area contributed by atoms with Crippen LogP contribution in [0.5, 0.6) is 0 Å². The van der Waals surface area contributed by atoms with Gasteiger partial charge in [-0.2, -0.15) is 28.1 Å². The first-order valence-corrected chi connectivity index (χ1v) is 6.73. The van der Waals surface area contributed by atoms with E-state index >= 15 is 0 Å². The number of aromatic nitrogens is 3. The van der Waals surface area contributed by atoms with E-state index in [0.29, 0.717) is 11.3 Å². The van der Waals surface area contributed by atoms with Gasteiger partial charge in [-0.1, -0.05) is 0 Å². The zero-order chi connectivity index (χ0) is 17.2. The van der Waals surface area contributed by atoms with Crippen LogP contribution in [0.3, 0.4) is 0 Å². The molecule has 23 heavy (non-hydrogen) atoms. The lowest BCUT2D eigenvalue weighted by Crippen LogP contribution is -2.34. The molecule has 124 valence electrons. The van der Waals surface area contributed by atoms with Gasteiger partial charge in [0, 0.05) is 5.69 Å². The molecular weight excluding hydrogens is 314 g/mol. The van der Waals surface area contributed by atoms with Crippen LogP contribution in [0.4, 0.5) is 35.1 Å². The second-order valence-corrected chi connectivity index (χ2v) is 5.08. The van der Waals surface area contributed by atoms with Crippen molar-refractivity contribution in [3.05, 3.63) is 35.4 Å². The van der Waals surface area contributed by atoms with Gasteiger partial charge >= 0.3 is 6.18 Å². The van der Waals surface area contributed by atoms with Gasteiger partial charge in [0.2, 0.25) is 11.9 Å². The summed E-state index contributed by atoms with van der Waals surface area (Å²) in [6.45, 7) is 4.19. The smallest absolute Gasteiger partial charge is 0.343 e. The maximum Gasteiger partial charge on any atom is 0.408 e. The number of hydrogen-bond acceptors (Lipinski definition) is 5. The molecule has 1 heterocycles. The number of rotatable bonds is 4. The molecule has 1 aromatic heterocycles. The van der Waals surface area contributed by atoms with Gasteiger partial charge in [-0.05, 0) is 44.5 Å². The molecule has 0 spiro atoms. The minimum absolute atomic E-state index is 0.0272. The molecule has 0 fully saturated rings. The van der Waals surface area contributed by atoms with Crippen LogP contribution in [0.15, 0.2) is 18.2 Å². The summed E-state index contributed by atoms with van der Waals surface area (Å²) in [6, 6.07) is 2.43. The number of aryl methyl sites for hydroxylation is 2. The highest BCUT2D eigenvalue weighted by Gasteiger charge is 2.36. The zero-order valence-electron chi connectivity index (χ0n) is 12.7. The molecule has 0 aliphatic rings. The van der Waals surface area contributed by atoms with Crippen molar-refractivity contribution in [2.45, 2.75) is 33.0 Å². The van der Waals surface area contributed by atoms with Crippen molar-refractivity contribution >= 4 is 17.6 Å². The quantitative estimate of drug-likeness (QED) is 0.837. The Morgan fingerprint density at radius 1 is 1.00 bits per heavy atom. The van der Waals surface area contributed by atoms with Crippen LogP contribution in [0.2, 0.25) is 0 Å². The summed E-state index contributed by atoms with van der Waals surface area (Å²) in [4.78, 5) is 11.7. The van der Waals surface area contributed by atoms with Gasteiger partial charge in [0.25, 0.3) is 0 Å². The lowest BCUT2D eigenvalue weighted by molar-refractivity contribution is -0.138. The fourth-order valence-electron chi connectivity index (χ4n) is 1.82. The normalized spacial score (nSPS) is 12.8. The van der Waals surface area contributed by atoms with Crippen LogP contribution in [0, 0.1) is 19.7 Å². The molecule has 0 amide bonds. The molecule has 0 saturated heterocycles. The maximum atomic E-state index is 13.4. The van der Waals surface area contributed by atoms with E-state index in [4.69, 9.17) is 0 Å². The molecule has 0 bridgehead atoms. The Hall–Kier alpha value is -2.45. The summed E-state index contributed by atoms with van der Waals surface area (Å²) in [6.07, 6.45) is -4.42. The summed E-state index contributed by atoms with van der Waals surface area (Å²) >= 11 is 0. The van der Waals surface area contributed by atoms with E-state index in [0.717, 1.165) is 6.92 Å². The molecule has 0 radical (unpaired) electrons. The van der Waals surface area contributed by atoms with E-state index in [2.05, 4.69) is 25.6 Å². The van der Waals surface area contributed by atoms with Crippen LogP contribution in [-0.2, 0) is 0 Å². The van der Waals surface area contributed by atoms with E-state index in [1.54, 1.807) is 13.0 Å². The number of hydrogen-bond donors (Lipinski definition) is 2. The third-order valence-electron chi connectivity index (χ3n) is 2.88. The third kappa shape index (κ3) is 4.76. The van der Waals surface area contributed by atoms with Crippen molar-refractivity contribution in [1.29, 1.82) is 0 Å². The summed E-state index contributed by atoms with van der Waals surface area (Å²) in [5.74, 6) is -0.396. The number of nitrogens with zero attached hydrogens (tertiary/aromatic N) is 3. The van der Waals surface area contributed by atoms with E-state index in [9.17, 15) is 17.6 Å². The van der Waals surface area contributed by atoms with Crippen LogP contribution in [0.25, 0.3) is 0 Å². The number of halogens is 4. The number of benzene rings is 1. The molecule has 2 aromatic rings. The van der Waals surface area contributed by atoms with Crippen molar-refractivity contribution in [3.63, 3.8) is 0 Å². The first-order chi connectivity index (χ1) is 10.6. The molecule has 5 nitrogen and oxygen atoms in total. The molecule has 0 aliphatic heterocycles. The lowest BCUT2D eigenvalue weighted by Gasteiger charge is -2.17. The molecule has 2 rings (SSSR count). The molecule has 0 saturated carbocycles. The second kappa shape index (κ2) is 6.35. The van der Waals surface area contributed by atoms with Gasteiger partial charge in [0.05, 0.1) is 0 Å². The van der Waals surface area contributed by atoms with Crippen LogP contribution in [-0.4, -0.2) is 27.2 Å². The molecule has 9 heteroatoms. The highest BCUT2D eigenvalue weighted by atomic mass is 19.4. The van der Waals surface area contributed by atoms with Crippen molar-refractivity contribution in [2.75, 3.05) is 10.6 Å². The van der Waals surface area contributed by atoms with Crippen molar-refractivity contribution in [2.24, 2.45) is 0 Å². The van der Waals surface area contributed by atoms with Crippen molar-refractivity contribution in [1.82, 2.24) is 15.0 Å². The Bertz CT molecular complexity index is 682. The maximum absolute atomic E-state index is 13.4. The number of anilines is 3. The Balaban J connectivity index is 2.23. The fourth-order valence-corrected chi connectivity index (χ4v) is 1.82. The van der Waals surface area contributed by atoms with Crippen molar-refractivity contribution < 1.29 is 17.6 Å². The monoisotopic (exact) mass is 329 g/mol. The SMILES string of the molecule is Cc1cc(F)cc(Nc2nc(C)nc(NC(C)C(F)(F)F)n2)c1. The standard InChI is InChI=1S/C14H15F4N5/c1-7-4-10(15)6-11(5-7)22-13-21-9(3)20-12(23-13)19-8(2)14(16,17)18/h4-6,8H,1-3H3,(H2,19,20,21,22,23). The van der Waals surface area contributed by atoms with E-state index in [-0.39, 0.29) is 17.7 Å². The first-order valence-electron chi connectivity index (χ1n) is 6.73. The summed E-state index contributed by atoms with van der Waals surface area (Å²) in [5.41, 5.74) is 1.07. The Morgan fingerprint density at radius 2 is 1.65 bits per heavy atom. The molecule has 1 aromatic carbocycles. The Kier molecular flexibility index (Phi) is 4.67. The first kappa shape index (κ1) is 16.9. The van der Waals surface area contributed by atoms with E-state index < -0.39 is 18.0 Å². The highest BCUT2D eigenvalue weighted by molar-refractivity contribution is 5.55. The minimum atomic E-state index is -4.42. The predicted molar refractivity (Wildman–Crippen MR) is 78.1 cm³/mol. The predicted octanol–water partition coefficient (Wildman–Crippen LogP) is 3.73. The van der Waals surface area contributed by atoms with Crippen LogP contribution >= 0.6 is 0 Å². The van der Waals surface area contributed by atoms with Gasteiger partial charge in [0.15, 0.2) is 0 Å². The average molecular weight is 329 g/mol. The van der Waals surface area contributed by atoms with Gasteiger partial charge in [-0.15, -0.1) is 0 Å². The Morgan fingerprint density at radius 3 is 2.26 bits per heavy atom. The van der Waals surface area contributed by atoms with Gasteiger partial charge in [0.1, 0.15) is 17.7 Å². The second-order valence-electron chi connectivity index (χ2n) is 5.08. The largest absolute Gasteiger partial charge is 0.408 e. The molecule has 1 unspecified atom stereocenters. The zero-order valence-corrected chi connectivity index (χ0v) is 12.7. The summed E-state index contributed by atoms with van der Waals surface area (Å²) in [7, 11) is 0. The highest BCUT2D eigenvalue weighted by Crippen LogP contribution is 2.23. The van der Waals surface area contributed by atoms with Crippen molar-refractivity contribution in [3.8, 4) is 0 Å². The minimum Gasteiger partial charge on any atom is -0.343 e. The summed E-state index contributed by atoms with van der Waals surface area (Å²) < 4.78 is 51.1. The van der Waals surface area contributed by atoms with Gasteiger partial charge in [-0.3, -0.25) is 0 Å².